The molecular formula is C12H19N3O2. The first-order chi connectivity index (χ1) is 8.20. The van der Waals surface area contributed by atoms with Crippen LogP contribution in [-0.2, 0) is 17.9 Å². The van der Waals surface area contributed by atoms with Crippen molar-refractivity contribution in [3.05, 3.63) is 18.2 Å². The zero-order valence-electron chi connectivity index (χ0n) is 10.2. The third-order valence-electron chi connectivity index (χ3n) is 3.36. The molecule has 1 atom stereocenters. The Morgan fingerprint density at radius 1 is 1.65 bits per heavy atom. The Kier molecular flexibility index (Phi) is 3.78. The van der Waals surface area contributed by atoms with Crippen molar-refractivity contribution >= 4 is 5.97 Å². The SMILES string of the molecule is CCn1ccnc1CN1CCCC(C(=O)O)C1. The van der Waals surface area contributed by atoms with E-state index in [1.54, 1.807) is 6.20 Å². The minimum absolute atomic E-state index is 0.214. The molecule has 1 aliphatic rings. The number of aromatic nitrogens is 2. The van der Waals surface area contributed by atoms with Gasteiger partial charge in [0.05, 0.1) is 12.5 Å². The van der Waals surface area contributed by atoms with Crippen molar-refractivity contribution in [2.45, 2.75) is 32.9 Å². The van der Waals surface area contributed by atoms with Gasteiger partial charge in [-0.2, -0.15) is 0 Å². The number of hydrogen-bond acceptors (Lipinski definition) is 3. The number of piperidine rings is 1. The minimum Gasteiger partial charge on any atom is -0.481 e. The van der Waals surface area contributed by atoms with E-state index in [9.17, 15) is 4.79 Å². The highest BCUT2D eigenvalue weighted by atomic mass is 16.4. The summed E-state index contributed by atoms with van der Waals surface area (Å²) in [6.45, 7) is 5.36. The molecule has 0 bridgehead atoms. The molecule has 5 nitrogen and oxygen atoms in total. The van der Waals surface area contributed by atoms with Crippen molar-refractivity contribution < 1.29 is 9.90 Å². The molecule has 0 saturated carbocycles. The normalized spacial score (nSPS) is 21.6. The molecule has 0 amide bonds. The summed E-state index contributed by atoms with van der Waals surface area (Å²) in [5.41, 5.74) is 0. The molecule has 0 spiro atoms. The second-order valence-corrected chi connectivity index (χ2v) is 4.54. The van der Waals surface area contributed by atoms with Crippen molar-refractivity contribution in [3.8, 4) is 0 Å². The highest BCUT2D eigenvalue weighted by Gasteiger charge is 2.25. The molecule has 0 radical (unpaired) electrons. The standard InChI is InChI=1S/C12H19N3O2/c1-2-15-7-5-13-11(15)9-14-6-3-4-10(8-14)12(16)17/h5,7,10H,2-4,6,8-9H2,1H3,(H,16,17). The summed E-state index contributed by atoms with van der Waals surface area (Å²) in [5.74, 6) is 0.140. The number of rotatable bonds is 4. The smallest absolute Gasteiger partial charge is 0.307 e. The maximum absolute atomic E-state index is 11.0. The molecule has 1 aromatic rings. The van der Waals surface area contributed by atoms with Crippen LogP contribution < -0.4 is 0 Å². The van der Waals surface area contributed by atoms with Crippen LogP contribution in [0, 0.1) is 5.92 Å². The summed E-state index contributed by atoms with van der Waals surface area (Å²) in [6.07, 6.45) is 5.53. The molecule has 1 aromatic heterocycles. The van der Waals surface area contributed by atoms with Crippen LogP contribution in [0.5, 0.6) is 0 Å². The van der Waals surface area contributed by atoms with E-state index in [1.807, 2.05) is 6.20 Å². The second kappa shape index (κ2) is 5.31. The van der Waals surface area contributed by atoms with Gasteiger partial charge in [-0.1, -0.05) is 0 Å². The topological polar surface area (TPSA) is 58.4 Å². The fourth-order valence-electron chi connectivity index (χ4n) is 2.38. The molecule has 5 heteroatoms. The molecule has 0 aliphatic carbocycles. The summed E-state index contributed by atoms with van der Waals surface area (Å²) >= 11 is 0. The number of carboxylic acids is 1. The average molecular weight is 237 g/mol. The van der Waals surface area contributed by atoms with Gasteiger partial charge in [0, 0.05) is 25.5 Å². The maximum atomic E-state index is 11.0. The van der Waals surface area contributed by atoms with E-state index in [4.69, 9.17) is 5.11 Å². The van der Waals surface area contributed by atoms with E-state index in [0.717, 1.165) is 38.3 Å². The third-order valence-corrected chi connectivity index (χ3v) is 3.36. The molecule has 1 unspecified atom stereocenters. The molecule has 1 aliphatic heterocycles. The zero-order chi connectivity index (χ0) is 12.3. The van der Waals surface area contributed by atoms with Crippen LogP contribution >= 0.6 is 0 Å². The first kappa shape index (κ1) is 12.1. The van der Waals surface area contributed by atoms with E-state index in [2.05, 4.69) is 21.4 Å². The lowest BCUT2D eigenvalue weighted by atomic mass is 9.98. The third kappa shape index (κ3) is 2.85. The summed E-state index contributed by atoms with van der Waals surface area (Å²) in [5, 5.41) is 9.04. The number of hydrogen-bond donors (Lipinski definition) is 1. The van der Waals surface area contributed by atoms with Crippen LogP contribution in [0.25, 0.3) is 0 Å². The largest absolute Gasteiger partial charge is 0.481 e. The summed E-state index contributed by atoms with van der Waals surface area (Å²) in [6, 6.07) is 0. The highest BCUT2D eigenvalue weighted by molar-refractivity contribution is 5.70. The van der Waals surface area contributed by atoms with Crippen molar-refractivity contribution in [1.82, 2.24) is 14.5 Å². The maximum Gasteiger partial charge on any atom is 0.307 e. The molecule has 17 heavy (non-hydrogen) atoms. The number of likely N-dealkylation sites (tertiary alicyclic amines) is 1. The number of aliphatic carboxylic acids is 1. The van der Waals surface area contributed by atoms with Gasteiger partial charge in [0.25, 0.3) is 0 Å². The van der Waals surface area contributed by atoms with Crippen LogP contribution in [0.3, 0.4) is 0 Å². The number of carboxylic acid groups (broad SMARTS) is 1. The van der Waals surface area contributed by atoms with Crippen molar-refractivity contribution in [1.29, 1.82) is 0 Å². The van der Waals surface area contributed by atoms with Crippen molar-refractivity contribution in [3.63, 3.8) is 0 Å². The van der Waals surface area contributed by atoms with Gasteiger partial charge in [-0.3, -0.25) is 9.69 Å². The van der Waals surface area contributed by atoms with Gasteiger partial charge in [-0.25, -0.2) is 4.98 Å². The quantitative estimate of drug-likeness (QED) is 0.855. The van der Waals surface area contributed by atoms with E-state index >= 15 is 0 Å². The van der Waals surface area contributed by atoms with Gasteiger partial charge in [0.1, 0.15) is 5.82 Å². The van der Waals surface area contributed by atoms with E-state index < -0.39 is 5.97 Å². The number of aryl methyl sites for hydroxylation is 1. The zero-order valence-corrected chi connectivity index (χ0v) is 10.2. The summed E-state index contributed by atoms with van der Waals surface area (Å²) < 4.78 is 2.10. The molecule has 0 aromatic carbocycles. The lowest BCUT2D eigenvalue weighted by molar-refractivity contribution is -0.143. The van der Waals surface area contributed by atoms with Gasteiger partial charge in [0.2, 0.25) is 0 Å². The van der Waals surface area contributed by atoms with Gasteiger partial charge < -0.3 is 9.67 Å². The van der Waals surface area contributed by atoms with Crippen LogP contribution in [0.15, 0.2) is 12.4 Å². The van der Waals surface area contributed by atoms with Gasteiger partial charge in [-0.05, 0) is 26.3 Å². The van der Waals surface area contributed by atoms with Crippen molar-refractivity contribution in [2.24, 2.45) is 5.92 Å². The van der Waals surface area contributed by atoms with Crippen LogP contribution in [0.2, 0.25) is 0 Å². The highest BCUT2D eigenvalue weighted by Crippen LogP contribution is 2.18. The molecule has 1 saturated heterocycles. The molecule has 94 valence electrons. The predicted octanol–water partition coefficient (Wildman–Crippen LogP) is 1.20. The Morgan fingerprint density at radius 2 is 2.47 bits per heavy atom. The van der Waals surface area contributed by atoms with Gasteiger partial charge >= 0.3 is 5.97 Å². The second-order valence-electron chi connectivity index (χ2n) is 4.54. The van der Waals surface area contributed by atoms with E-state index in [0.29, 0.717) is 6.54 Å². The van der Waals surface area contributed by atoms with Gasteiger partial charge in [-0.15, -0.1) is 0 Å². The average Bonchev–Trinajstić information content (AvgIpc) is 2.76. The number of imidazole rings is 1. The predicted molar refractivity (Wildman–Crippen MR) is 63.5 cm³/mol. The Hall–Kier alpha value is -1.36. The number of carbonyl (C=O) groups is 1. The lowest BCUT2D eigenvalue weighted by Crippen LogP contribution is -2.38. The fourth-order valence-corrected chi connectivity index (χ4v) is 2.38. The van der Waals surface area contributed by atoms with Crippen LogP contribution in [-0.4, -0.2) is 38.6 Å². The molecule has 1 N–H and O–H groups in total. The Labute approximate surface area is 101 Å². The van der Waals surface area contributed by atoms with Gasteiger partial charge in [0.15, 0.2) is 0 Å². The molecule has 2 heterocycles. The monoisotopic (exact) mass is 237 g/mol. The Balaban J connectivity index is 1.97. The molecule has 1 fully saturated rings. The van der Waals surface area contributed by atoms with E-state index in [1.165, 1.54) is 0 Å². The van der Waals surface area contributed by atoms with E-state index in [-0.39, 0.29) is 5.92 Å². The minimum atomic E-state index is -0.673. The van der Waals surface area contributed by atoms with Crippen molar-refractivity contribution in [2.75, 3.05) is 13.1 Å². The van der Waals surface area contributed by atoms with Crippen LogP contribution in [0.1, 0.15) is 25.6 Å². The lowest BCUT2D eigenvalue weighted by Gasteiger charge is -2.30. The first-order valence-electron chi connectivity index (χ1n) is 6.16. The first-order valence-corrected chi connectivity index (χ1v) is 6.16. The Morgan fingerprint density at radius 3 is 3.18 bits per heavy atom. The summed E-state index contributed by atoms with van der Waals surface area (Å²) in [4.78, 5) is 17.5. The molecule has 2 rings (SSSR count). The molecular weight excluding hydrogens is 218 g/mol. The number of nitrogens with zero attached hydrogens (tertiary/aromatic N) is 3. The van der Waals surface area contributed by atoms with Crippen LogP contribution in [0.4, 0.5) is 0 Å². The fraction of sp³-hybridized carbons (Fsp3) is 0.667. The Bertz CT molecular complexity index is 389. The summed E-state index contributed by atoms with van der Waals surface area (Å²) in [7, 11) is 0.